The Bertz CT molecular complexity index is 1210. The minimum atomic E-state index is -0.964. The predicted molar refractivity (Wildman–Crippen MR) is 127 cm³/mol. The highest BCUT2D eigenvalue weighted by Gasteiger charge is 2.16. The Hall–Kier alpha value is -4.45. The summed E-state index contributed by atoms with van der Waals surface area (Å²) in [5.74, 6) is -0.389. The number of unbranched alkanes of at least 4 members (excludes halogenated alkanes) is 2. The summed E-state index contributed by atoms with van der Waals surface area (Å²) in [6, 6.07) is 17.3. The fraction of sp³-hybridized carbons (Fsp3) is 0.269. The Labute approximate surface area is 202 Å². The molecule has 0 fully saturated rings. The Balaban J connectivity index is 1.62. The van der Waals surface area contributed by atoms with E-state index in [1.54, 1.807) is 25.1 Å². The molecule has 0 aliphatic carbocycles. The standard InChI is InChI=1S/C26H25N3O6/c1-3-5-6-15-33-21-13-11-19(12-14-21)24-16-22(28-34-24)18-7-9-20(10-8-18)25(30)35-29-23(17-27)26(31)32-4-2/h7-14,16H,3-6,15H2,1-2H3/b29-23+. The molecule has 180 valence electrons. The van der Waals surface area contributed by atoms with Crippen molar-refractivity contribution in [1.29, 1.82) is 5.26 Å². The van der Waals surface area contributed by atoms with Gasteiger partial charge in [-0.05, 0) is 49.7 Å². The van der Waals surface area contributed by atoms with Gasteiger partial charge in [0.05, 0.1) is 18.8 Å². The van der Waals surface area contributed by atoms with Gasteiger partial charge in [0.1, 0.15) is 17.5 Å². The topological polar surface area (TPSA) is 124 Å². The number of carbonyl (C=O) groups excluding carboxylic acids is 2. The number of carbonyl (C=O) groups is 2. The number of hydrogen-bond acceptors (Lipinski definition) is 9. The number of rotatable bonds is 11. The summed E-state index contributed by atoms with van der Waals surface area (Å²) in [6.07, 6.45) is 3.33. The van der Waals surface area contributed by atoms with Gasteiger partial charge in [-0.15, -0.1) is 0 Å². The summed E-state index contributed by atoms with van der Waals surface area (Å²) >= 11 is 0. The van der Waals surface area contributed by atoms with E-state index in [0.29, 0.717) is 18.1 Å². The molecule has 0 radical (unpaired) electrons. The van der Waals surface area contributed by atoms with Crippen LogP contribution in [0.3, 0.4) is 0 Å². The van der Waals surface area contributed by atoms with E-state index in [2.05, 4.69) is 26.8 Å². The molecule has 1 heterocycles. The molecule has 0 N–H and O–H groups in total. The summed E-state index contributed by atoms with van der Waals surface area (Å²) in [4.78, 5) is 28.4. The molecule has 0 amide bonds. The molecule has 0 spiro atoms. The minimum absolute atomic E-state index is 0.0670. The number of esters is 1. The van der Waals surface area contributed by atoms with Gasteiger partial charge in [-0.3, -0.25) is 0 Å². The number of ether oxygens (including phenoxy) is 2. The van der Waals surface area contributed by atoms with Crippen molar-refractivity contribution in [3.8, 4) is 34.4 Å². The van der Waals surface area contributed by atoms with Gasteiger partial charge in [-0.1, -0.05) is 42.2 Å². The monoisotopic (exact) mass is 475 g/mol. The third-order valence-corrected chi connectivity index (χ3v) is 4.88. The first-order chi connectivity index (χ1) is 17.0. The van der Waals surface area contributed by atoms with Crippen molar-refractivity contribution in [2.24, 2.45) is 5.16 Å². The third kappa shape index (κ3) is 7.01. The molecule has 0 aliphatic heterocycles. The van der Waals surface area contributed by atoms with Gasteiger partial charge in [0, 0.05) is 17.2 Å². The first-order valence-corrected chi connectivity index (χ1v) is 11.2. The molecule has 2 aromatic carbocycles. The molecule has 0 unspecified atom stereocenters. The van der Waals surface area contributed by atoms with Crippen molar-refractivity contribution < 1.29 is 28.4 Å². The van der Waals surface area contributed by atoms with E-state index in [9.17, 15) is 9.59 Å². The molecule has 35 heavy (non-hydrogen) atoms. The maximum absolute atomic E-state index is 12.2. The van der Waals surface area contributed by atoms with Crippen LogP contribution in [0.1, 0.15) is 43.5 Å². The maximum atomic E-state index is 12.2. The van der Waals surface area contributed by atoms with Gasteiger partial charge < -0.3 is 18.8 Å². The van der Waals surface area contributed by atoms with E-state index >= 15 is 0 Å². The van der Waals surface area contributed by atoms with E-state index in [1.165, 1.54) is 18.2 Å². The normalized spacial score (nSPS) is 10.9. The Kier molecular flexibility index (Phi) is 9.14. The van der Waals surface area contributed by atoms with Crippen LogP contribution in [-0.2, 0) is 14.4 Å². The van der Waals surface area contributed by atoms with Crippen molar-refractivity contribution in [2.75, 3.05) is 13.2 Å². The lowest BCUT2D eigenvalue weighted by atomic mass is 10.1. The molecule has 0 saturated heterocycles. The molecule has 0 atom stereocenters. The van der Waals surface area contributed by atoms with E-state index in [1.807, 2.05) is 24.3 Å². The largest absolute Gasteiger partial charge is 0.494 e. The van der Waals surface area contributed by atoms with Crippen LogP contribution in [-0.4, -0.2) is 36.0 Å². The van der Waals surface area contributed by atoms with E-state index in [0.717, 1.165) is 36.1 Å². The van der Waals surface area contributed by atoms with Crippen LogP contribution in [0.2, 0.25) is 0 Å². The average molecular weight is 476 g/mol. The Morgan fingerprint density at radius 1 is 1.03 bits per heavy atom. The van der Waals surface area contributed by atoms with Gasteiger partial charge in [0.25, 0.3) is 5.71 Å². The van der Waals surface area contributed by atoms with Crippen molar-refractivity contribution in [2.45, 2.75) is 33.1 Å². The molecule has 0 saturated carbocycles. The zero-order valence-electron chi connectivity index (χ0n) is 19.5. The van der Waals surface area contributed by atoms with Crippen LogP contribution >= 0.6 is 0 Å². The van der Waals surface area contributed by atoms with E-state index in [4.69, 9.17) is 14.5 Å². The summed E-state index contributed by atoms with van der Waals surface area (Å²) in [7, 11) is 0. The van der Waals surface area contributed by atoms with Crippen LogP contribution in [0.4, 0.5) is 0 Å². The molecular weight excluding hydrogens is 450 g/mol. The van der Waals surface area contributed by atoms with Gasteiger partial charge in [-0.2, -0.15) is 5.26 Å². The molecule has 9 nitrogen and oxygen atoms in total. The molecular formula is C26H25N3O6. The second-order valence-corrected chi connectivity index (χ2v) is 7.38. The van der Waals surface area contributed by atoms with Crippen LogP contribution in [0, 0.1) is 11.3 Å². The second-order valence-electron chi connectivity index (χ2n) is 7.38. The maximum Gasteiger partial charge on any atom is 0.371 e. The third-order valence-electron chi connectivity index (χ3n) is 4.88. The highest BCUT2D eigenvalue weighted by atomic mass is 16.7. The minimum Gasteiger partial charge on any atom is -0.494 e. The molecule has 9 heteroatoms. The summed E-state index contributed by atoms with van der Waals surface area (Å²) in [5, 5.41) is 16.3. The van der Waals surface area contributed by atoms with Crippen molar-refractivity contribution in [1.82, 2.24) is 5.16 Å². The summed E-state index contributed by atoms with van der Waals surface area (Å²) in [5.41, 5.74) is 1.70. The summed E-state index contributed by atoms with van der Waals surface area (Å²) < 4.78 is 15.9. The number of oxime groups is 1. The second kappa shape index (κ2) is 12.7. The van der Waals surface area contributed by atoms with Gasteiger partial charge in [-0.25, -0.2) is 9.59 Å². The molecule has 3 aromatic rings. The molecule has 3 rings (SSSR count). The number of benzene rings is 2. The summed E-state index contributed by atoms with van der Waals surface area (Å²) in [6.45, 7) is 4.50. The highest BCUT2D eigenvalue weighted by Crippen LogP contribution is 2.27. The quantitative estimate of drug-likeness (QED) is 0.122. The molecule has 0 aliphatic rings. The van der Waals surface area contributed by atoms with Gasteiger partial charge in [0.15, 0.2) is 5.76 Å². The SMILES string of the molecule is CCCCCOc1ccc(-c2cc(-c3ccc(C(=O)O/N=C(\C#N)C(=O)OCC)cc3)no2)cc1. The predicted octanol–water partition coefficient (Wildman–Crippen LogP) is 5.18. The van der Waals surface area contributed by atoms with E-state index < -0.39 is 17.7 Å². The lowest BCUT2D eigenvalue weighted by Crippen LogP contribution is -2.17. The fourth-order valence-corrected chi connectivity index (χ4v) is 3.02. The lowest BCUT2D eigenvalue weighted by molar-refractivity contribution is -0.135. The van der Waals surface area contributed by atoms with Crippen LogP contribution in [0.5, 0.6) is 5.75 Å². The number of nitriles is 1. The van der Waals surface area contributed by atoms with Gasteiger partial charge >= 0.3 is 11.9 Å². The van der Waals surface area contributed by atoms with Crippen molar-refractivity contribution >= 4 is 17.7 Å². The van der Waals surface area contributed by atoms with Crippen molar-refractivity contribution in [3.63, 3.8) is 0 Å². The van der Waals surface area contributed by atoms with Crippen LogP contribution in [0.25, 0.3) is 22.6 Å². The number of aromatic nitrogens is 1. The van der Waals surface area contributed by atoms with E-state index in [-0.39, 0.29) is 12.2 Å². The molecule has 1 aromatic heterocycles. The first kappa shape index (κ1) is 25.2. The fourth-order valence-electron chi connectivity index (χ4n) is 3.02. The Morgan fingerprint density at radius 2 is 1.74 bits per heavy atom. The first-order valence-electron chi connectivity index (χ1n) is 11.2. The number of nitrogens with zero attached hydrogens (tertiary/aromatic N) is 3. The lowest BCUT2D eigenvalue weighted by Gasteiger charge is -2.05. The van der Waals surface area contributed by atoms with Crippen LogP contribution in [0.15, 0.2) is 64.3 Å². The molecule has 0 bridgehead atoms. The number of hydrogen-bond donors (Lipinski definition) is 0. The smallest absolute Gasteiger partial charge is 0.371 e. The Morgan fingerprint density at radius 3 is 2.40 bits per heavy atom. The zero-order valence-corrected chi connectivity index (χ0v) is 19.5. The van der Waals surface area contributed by atoms with Crippen LogP contribution < -0.4 is 4.74 Å². The van der Waals surface area contributed by atoms with Gasteiger partial charge in [0.2, 0.25) is 0 Å². The van der Waals surface area contributed by atoms with Crippen molar-refractivity contribution in [3.05, 3.63) is 60.2 Å². The average Bonchev–Trinajstić information content (AvgIpc) is 3.38. The highest BCUT2D eigenvalue weighted by molar-refractivity contribution is 6.42. The zero-order chi connectivity index (χ0) is 25.0.